The van der Waals surface area contributed by atoms with Gasteiger partial charge in [-0.3, -0.25) is 4.79 Å². The van der Waals surface area contributed by atoms with Gasteiger partial charge in [0.2, 0.25) is 5.91 Å². The number of carbonyl (C=O) groups is 1. The molecule has 0 aliphatic rings. The van der Waals surface area contributed by atoms with Crippen LogP contribution in [0.4, 0.5) is 5.82 Å². The Balaban J connectivity index is 1.49. The molecule has 0 aliphatic carbocycles. The van der Waals surface area contributed by atoms with Crippen LogP contribution in [-0.2, 0) is 23.1 Å². The Morgan fingerprint density at radius 2 is 1.94 bits per heavy atom. The number of halogens is 1. The molecule has 1 amide bonds. The summed E-state index contributed by atoms with van der Waals surface area (Å²) in [6.07, 6.45) is 4.13. The Labute approximate surface area is 195 Å². The van der Waals surface area contributed by atoms with Crippen LogP contribution in [0.5, 0.6) is 0 Å². The maximum Gasteiger partial charge on any atom is 0.252 e. The first kappa shape index (κ1) is 22.1. The van der Waals surface area contributed by atoms with E-state index in [1.807, 2.05) is 35.7 Å². The van der Waals surface area contributed by atoms with Gasteiger partial charge in [0.05, 0.1) is 22.8 Å². The van der Waals surface area contributed by atoms with Crippen molar-refractivity contribution in [1.82, 2.24) is 24.7 Å². The quantitative estimate of drug-likeness (QED) is 0.439. The van der Waals surface area contributed by atoms with Gasteiger partial charge in [-0.15, -0.1) is 11.3 Å². The Bertz CT molecular complexity index is 1230. The van der Waals surface area contributed by atoms with Gasteiger partial charge in [0.1, 0.15) is 5.82 Å². The molecule has 0 atom stereocenters. The van der Waals surface area contributed by atoms with E-state index < -0.39 is 0 Å². The number of aromatic nitrogens is 5. The summed E-state index contributed by atoms with van der Waals surface area (Å²) in [5.74, 6) is 0.749. The van der Waals surface area contributed by atoms with E-state index in [9.17, 15) is 4.79 Å². The third-order valence-electron chi connectivity index (χ3n) is 4.67. The lowest BCUT2D eigenvalue weighted by Gasteiger charge is -2.13. The van der Waals surface area contributed by atoms with Crippen LogP contribution in [0.1, 0.15) is 42.7 Å². The van der Waals surface area contributed by atoms with Crippen LogP contribution < -0.4 is 5.32 Å². The molecule has 0 saturated carbocycles. The summed E-state index contributed by atoms with van der Waals surface area (Å²) in [7, 11) is 0. The number of anilines is 1. The Morgan fingerprint density at radius 3 is 2.66 bits per heavy atom. The Morgan fingerprint density at radius 1 is 1.16 bits per heavy atom. The van der Waals surface area contributed by atoms with Gasteiger partial charge in [0.15, 0.2) is 0 Å². The fraction of sp³-hybridized carbons (Fsp3) is 0.261. The summed E-state index contributed by atoms with van der Waals surface area (Å²) >= 11 is 7.60. The first-order valence-corrected chi connectivity index (χ1v) is 11.4. The van der Waals surface area contributed by atoms with Gasteiger partial charge in [-0.2, -0.15) is 9.78 Å². The minimum absolute atomic E-state index is 0.164. The monoisotopic (exact) mass is 466 g/mol. The highest BCUT2D eigenvalue weighted by Gasteiger charge is 2.22. The van der Waals surface area contributed by atoms with Crippen molar-refractivity contribution >= 4 is 34.7 Å². The average molecular weight is 467 g/mol. The van der Waals surface area contributed by atoms with Gasteiger partial charge < -0.3 is 5.32 Å². The van der Waals surface area contributed by atoms with E-state index in [1.165, 1.54) is 11.3 Å². The lowest BCUT2D eigenvalue weighted by atomic mass is 9.92. The summed E-state index contributed by atoms with van der Waals surface area (Å²) in [6, 6.07) is 11.3. The summed E-state index contributed by atoms with van der Waals surface area (Å²) in [5, 5.41) is 11.1. The minimum Gasteiger partial charge on any atom is -0.310 e. The van der Waals surface area contributed by atoms with Gasteiger partial charge in [0.25, 0.3) is 5.95 Å². The third-order valence-corrected chi connectivity index (χ3v) is 5.80. The van der Waals surface area contributed by atoms with Gasteiger partial charge in [-0.25, -0.2) is 15.0 Å². The van der Waals surface area contributed by atoms with Crippen LogP contribution in [0.2, 0.25) is 5.02 Å². The molecule has 4 aromatic rings. The zero-order chi connectivity index (χ0) is 22.7. The van der Waals surface area contributed by atoms with Crippen molar-refractivity contribution in [1.29, 1.82) is 0 Å². The smallest absolute Gasteiger partial charge is 0.252 e. The molecule has 0 radical (unpaired) electrons. The Kier molecular flexibility index (Phi) is 6.34. The molecule has 3 aromatic heterocycles. The highest BCUT2D eigenvalue weighted by atomic mass is 35.5. The lowest BCUT2D eigenvalue weighted by Crippen LogP contribution is -2.18. The molecule has 0 unspecified atom stereocenters. The number of hydrogen-bond acceptors (Lipinski definition) is 6. The number of nitrogens with zero attached hydrogens (tertiary/aromatic N) is 5. The van der Waals surface area contributed by atoms with Crippen molar-refractivity contribution in [2.45, 2.75) is 39.0 Å². The molecule has 1 N–H and O–H groups in total. The van der Waals surface area contributed by atoms with E-state index in [1.54, 1.807) is 23.1 Å². The number of rotatable bonds is 6. The number of hydrogen-bond donors (Lipinski definition) is 1. The highest BCUT2D eigenvalue weighted by Crippen LogP contribution is 2.25. The highest BCUT2D eigenvalue weighted by molar-refractivity contribution is 7.09. The maximum atomic E-state index is 12.8. The van der Waals surface area contributed by atoms with E-state index in [0.29, 0.717) is 23.2 Å². The summed E-state index contributed by atoms with van der Waals surface area (Å²) < 4.78 is 1.56. The predicted octanol–water partition coefficient (Wildman–Crippen LogP) is 4.84. The second-order valence-corrected chi connectivity index (χ2v) is 9.77. The first-order chi connectivity index (χ1) is 15.3. The summed E-state index contributed by atoms with van der Waals surface area (Å²) in [5.41, 5.74) is 2.45. The molecule has 0 bridgehead atoms. The maximum absolute atomic E-state index is 12.8. The van der Waals surface area contributed by atoms with Crippen molar-refractivity contribution in [2.75, 3.05) is 5.32 Å². The van der Waals surface area contributed by atoms with Crippen molar-refractivity contribution in [3.05, 3.63) is 81.2 Å². The van der Waals surface area contributed by atoms with E-state index in [-0.39, 0.29) is 17.7 Å². The van der Waals surface area contributed by atoms with Gasteiger partial charge in [0, 0.05) is 40.7 Å². The summed E-state index contributed by atoms with van der Waals surface area (Å²) in [4.78, 5) is 25.9. The molecule has 0 aliphatic heterocycles. The third kappa shape index (κ3) is 5.38. The van der Waals surface area contributed by atoms with Crippen LogP contribution in [-0.4, -0.2) is 30.6 Å². The van der Waals surface area contributed by atoms with Crippen LogP contribution in [0.25, 0.3) is 5.95 Å². The second-order valence-electron chi connectivity index (χ2n) is 8.39. The predicted molar refractivity (Wildman–Crippen MR) is 127 cm³/mol. The van der Waals surface area contributed by atoms with Crippen LogP contribution in [0, 0.1) is 0 Å². The SMILES string of the molecule is CC(C)(C)c1cc(NC(=O)Cc2csc(Cc3cccc(Cl)c3)n2)n(-c2ncccn2)n1. The molecule has 0 fully saturated rings. The fourth-order valence-corrected chi connectivity index (χ4v) is 4.12. The lowest BCUT2D eigenvalue weighted by molar-refractivity contribution is -0.115. The number of thiazole rings is 1. The first-order valence-electron chi connectivity index (χ1n) is 10.1. The van der Waals surface area contributed by atoms with E-state index in [0.717, 1.165) is 22.0 Å². The zero-order valence-electron chi connectivity index (χ0n) is 18.0. The number of benzene rings is 1. The number of amides is 1. The van der Waals surface area contributed by atoms with Crippen LogP contribution in [0.3, 0.4) is 0 Å². The van der Waals surface area contributed by atoms with Crippen molar-refractivity contribution in [3.63, 3.8) is 0 Å². The number of carbonyl (C=O) groups excluding carboxylic acids is 1. The summed E-state index contributed by atoms with van der Waals surface area (Å²) in [6.45, 7) is 6.19. The molecule has 7 nitrogen and oxygen atoms in total. The van der Waals surface area contributed by atoms with E-state index in [2.05, 4.69) is 46.1 Å². The molecule has 1 aromatic carbocycles. The van der Waals surface area contributed by atoms with Crippen molar-refractivity contribution in [3.8, 4) is 5.95 Å². The molecular weight excluding hydrogens is 444 g/mol. The fourth-order valence-electron chi connectivity index (χ4n) is 3.07. The van der Waals surface area contributed by atoms with Crippen molar-refractivity contribution < 1.29 is 4.79 Å². The molecule has 164 valence electrons. The van der Waals surface area contributed by atoms with Gasteiger partial charge in [-0.05, 0) is 23.8 Å². The van der Waals surface area contributed by atoms with E-state index in [4.69, 9.17) is 11.6 Å². The largest absolute Gasteiger partial charge is 0.310 e. The molecular formula is C23H23ClN6OS. The topological polar surface area (TPSA) is 85.6 Å². The van der Waals surface area contributed by atoms with Crippen molar-refractivity contribution in [2.24, 2.45) is 0 Å². The minimum atomic E-state index is -0.191. The molecule has 0 spiro atoms. The van der Waals surface area contributed by atoms with Crippen LogP contribution in [0.15, 0.2) is 54.2 Å². The van der Waals surface area contributed by atoms with Gasteiger partial charge >= 0.3 is 0 Å². The molecule has 0 saturated heterocycles. The standard InChI is InChI=1S/C23H23ClN6OS/c1-23(2,3)18-13-19(30(29-18)22-25-8-5-9-26-22)28-20(31)12-17-14-32-21(27-17)11-15-6-4-7-16(24)10-15/h4-10,13-14H,11-12H2,1-3H3,(H,28,31). The normalized spacial score (nSPS) is 11.5. The second kappa shape index (κ2) is 9.18. The van der Waals surface area contributed by atoms with Crippen LogP contribution >= 0.6 is 22.9 Å². The molecule has 9 heteroatoms. The molecule has 4 rings (SSSR count). The zero-order valence-corrected chi connectivity index (χ0v) is 19.6. The molecule has 3 heterocycles. The number of nitrogens with one attached hydrogen (secondary N) is 1. The Hall–Kier alpha value is -3.10. The molecule has 32 heavy (non-hydrogen) atoms. The average Bonchev–Trinajstić information content (AvgIpc) is 3.35. The van der Waals surface area contributed by atoms with E-state index >= 15 is 0 Å². The van der Waals surface area contributed by atoms with Gasteiger partial charge in [-0.1, -0.05) is 44.5 Å².